The van der Waals surface area contributed by atoms with Gasteiger partial charge in [0.15, 0.2) is 6.10 Å². The quantitative estimate of drug-likeness (QED) is 0.598. The minimum Gasteiger partial charge on any atom is -0.360 e. The van der Waals surface area contributed by atoms with Crippen molar-refractivity contribution in [3.63, 3.8) is 0 Å². The molecular weight excluding hydrogens is 251 g/mol. The van der Waals surface area contributed by atoms with Gasteiger partial charge in [-0.2, -0.15) is 5.26 Å². The van der Waals surface area contributed by atoms with Crippen molar-refractivity contribution in [2.45, 2.75) is 6.10 Å². The van der Waals surface area contributed by atoms with E-state index < -0.39 is 11.9 Å². The Hall–Kier alpha value is -2.17. The highest BCUT2D eigenvalue weighted by molar-refractivity contribution is 5.99. The van der Waals surface area contributed by atoms with Gasteiger partial charge in [-0.05, 0) is 12.1 Å². The highest BCUT2D eigenvalue weighted by atomic mass is 19.1. The Kier molecular flexibility index (Phi) is 3.94. The fraction of sp³-hybridized carbons (Fsp3) is 0.333. The van der Waals surface area contributed by atoms with E-state index in [-0.39, 0.29) is 30.3 Å². The number of nitrogens with one attached hydrogen (secondary N) is 1. The van der Waals surface area contributed by atoms with Crippen molar-refractivity contribution in [2.75, 3.05) is 25.1 Å². The van der Waals surface area contributed by atoms with Gasteiger partial charge in [-0.1, -0.05) is 6.07 Å². The van der Waals surface area contributed by atoms with E-state index in [1.54, 1.807) is 0 Å². The van der Waals surface area contributed by atoms with E-state index in [0.29, 0.717) is 6.54 Å². The predicted molar refractivity (Wildman–Crippen MR) is 65.5 cm³/mol. The first-order valence-electron chi connectivity index (χ1n) is 5.73. The van der Waals surface area contributed by atoms with Crippen LogP contribution in [-0.2, 0) is 4.74 Å². The lowest BCUT2D eigenvalue weighted by Gasteiger charge is -2.30. The summed E-state index contributed by atoms with van der Waals surface area (Å²) in [5, 5.41) is 8.80. The number of nitrogen functional groups attached to an aromatic ring is 1. The molecule has 1 aromatic rings. The zero-order chi connectivity index (χ0) is 13.8. The lowest BCUT2D eigenvalue weighted by molar-refractivity contribution is 0.00349. The monoisotopic (exact) mass is 264 g/mol. The molecule has 1 atom stereocenters. The summed E-state index contributed by atoms with van der Waals surface area (Å²) < 4.78 is 18.7. The molecule has 1 unspecified atom stereocenters. The molecule has 1 amide bonds. The second kappa shape index (κ2) is 5.65. The predicted octanol–water partition coefficient (Wildman–Crippen LogP) is 0.476. The van der Waals surface area contributed by atoms with Gasteiger partial charge in [0, 0.05) is 6.54 Å². The number of para-hydroxylation sites is 1. The lowest BCUT2D eigenvalue weighted by atomic mass is 10.1. The van der Waals surface area contributed by atoms with Gasteiger partial charge in [0.25, 0.3) is 5.91 Å². The number of rotatable bonds is 2. The van der Waals surface area contributed by atoms with Gasteiger partial charge in [-0.25, -0.2) is 4.39 Å². The van der Waals surface area contributed by atoms with Crippen molar-refractivity contribution in [1.29, 1.82) is 5.26 Å². The number of nitrogens with zero attached hydrogens (tertiary/aromatic N) is 2. The second-order valence-electron chi connectivity index (χ2n) is 4.05. The molecule has 6 nitrogen and oxygen atoms in total. The fourth-order valence-corrected chi connectivity index (χ4v) is 1.93. The molecule has 0 aliphatic carbocycles. The van der Waals surface area contributed by atoms with Gasteiger partial charge in [0.2, 0.25) is 0 Å². The number of hydrazine groups is 1. The average Bonchev–Trinajstić information content (AvgIpc) is 2.46. The van der Waals surface area contributed by atoms with Gasteiger partial charge in [-0.3, -0.25) is 10.6 Å². The number of amides is 1. The molecule has 2 rings (SSSR count). The molecular formula is C12H13FN4O2. The van der Waals surface area contributed by atoms with Crippen LogP contribution in [0.15, 0.2) is 18.2 Å². The number of benzene rings is 1. The Labute approximate surface area is 109 Å². The molecule has 0 bridgehead atoms. The third-order valence-corrected chi connectivity index (χ3v) is 2.89. The molecule has 7 heteroatoms. The van der Waals surface area contributed by atoms with Gasteiger partial charge in [0.05, 0.1) is 30.5 Å². The van der Waals surface area contributed by atoms with Crippen molar-refractivity contribution < 1.29 is 13.9 Å². The highest BCUT2D eigenvalue weighted by Crippen LogP contribution is 2.21. The number of carbonyl (C=O) groups excluding carboxylic acids is 1. The molecule has 0 saturated carbocycles. The molecule has 100 valence electrons. The van der Waals surface area contributed by atoms with E-state index in [1.807, 2.05) is 6.07 Å². The van der Waals surface area contributed by atoms with E-state index in [9.17, 15) is 9.18 Å². The number of hydrogen-bond acceptors (Lipinski definition) is 5. The number of morpholine rings is 1. The van der Waals surface area contributed by atoms with E-state index in [2.05, 4.69) is 5.43 Å². The molecule has 1 saturated heterocycles. The second-order valence-corrected chi connectivity index (χ2v) is 4.05. The van der Waals surface area contributed by atoms with Crippen LogP contribution in [0, 0.1) is 17.1 Å². The van der Waals surface area contributed by atoms with Crippen molar-refractivity contribution in [3.05, 3.63) is 29.6 Å². The van der Waals surface area contributed by atoms with E-state index in [4.69, 9.17) is 15.8 Å². The summed E-state index contributed by atoms with van der Waals surface area (Å²) in [5.74, 6) is 4.26. The molecule has 0 radical (unpaired) electrons. The van der Waals surface area contributed by atoms with Crippen molar-refractivity contribution in [3.8, 4) is 6.07 Å². The minimum atomic E-state index is -0.652. The van der Waals surface area contributed by atoms with Crippen LogP contribution in [0.5, 0.6) is 0 Å². The molecule has 1 aliphatic rings. The molecule has 19 heavy (non-hydrogen) atoms. The third kappa shape index (κ3) is 2.65. The van der Waals surface area contributed by atoms with Crippen LogP contribution < -0.4 is 11.3 Å². The zero-order valence-electron chi connectivity index (χ0n) is 10.1. The fourth-order valence-electron chi connectivity index (χ4n) is 1.93. The van der Waals surface area contributed by atoms with Crippen molar-refractivity contribution in [2.24, 2.45) is 5.84 Å². The first kappa shape index (κ1) is 13.3. The van der Waals surface area contributed by atoms with E-state index >= 15 is 0 Å². The summed E-state index contributed by atoms with van der Waals surface area (Å²) in [7, 11) is 0. The van der Waals surface area contributed by atoms with Gasteiger partial charge >= 0.3 is 0 Å². The first-order chi connectivity index (χ1) is 9.17. The molecule has 1 heterocycles. The number of nitrogens with two attached hydrogens (primary N) is 1. The molecule has 1 aliphatic heterocycles. The van der Waals surface area contributed by atoms with Crippen molar-refractivity contribution in [1.82, 2.24) is 4.90 Å². The maximum atomic E-state index is 13.5. The summed E-state index contributed by atoms with van der Waals surface area (Å²) in [6.07, 6.45) is -0.652. The topological polar surface area (TPSA) is 91.4 Å². The number of carbonyl (C=O) groups is 1. The summed E-state index contributed by atoms with van der Waals surface area (Å²) in [6, 6.07) is 6.08. The number of halogens is 1. The smallest absolute Gasteiger partial charge is 0.256 e. The Morgan fingerprint density at radius 1 is 1.63 bits per heavy atom. The highest BCUT2D eigenvalue weighted by Gasteiger charge is 2.26. The summed E-state index contributed by atoms with van der Waals surface area (Å²) in [4.78, 5) is 13.7. The van der Waals surface area contributed by atoms with E-state index in [1.165, 1.54) is 23.1 Å². The Bertz CT molecular complexity index is 529. The number of nitriles is 1. The lowest BCUT2D eigenvalue weighted by Crippen LogP contribution is -2.45. The molecule has 0 aromatic heterocycles. The van der Waals surface area contributed by atoms with Gasteiger partial charge in [-0.15, -0.1) is 0 Å². The van der Waals surface area contributed by atoms with Gasteiger partial charge in [0.1, 0.15) is 5.82 Å². The number of hydrogen-bond donors (Lipinski definition) is 2. The molecule has 3 N–H and O–H groups in total. The molecule has 0 spiro atoms. The SMILES string of the molecule is N#CC1CN(C(=O)c2cccc(F)c2NN)CCO1. The number of ether oxygens (including phenoxy) is 1. The third-order valence-electron chi connectivity index (χ3n) is 2.89. The van der Waals surface area contributed by atoms with Crippen LogP contribution in [0.3, 0.4) is 0 Å². The number of anilines is 1. The van der Waals surface area contributed by atoms with Crippen LogP contribution in [0.4, 0.5) is 10.1 Å². The van der Waals surface area contributed by atoms with Crippen LogP contribution in [-0.4, -0.2) is 36.6 Å². The summed E-state index contributed by atoms with van der Waals surface area (Å²) in [5.41, 5.74) is 2.28. The maximum absolute atomic E-state index is 13.5. The largest absolute Gasteiger partial charge is 0.360 e. The van der Waals surface area contributed by atoms with Crippen LogP contribution in [0.2, 0.25) is 0 Å². The summed E-state index contributed by atoms with van der Waals surface area (Å²) in [6.45, 7) is 0.804. The minimum absolute atomic E-state index is 0.0486. The van der Waals surface area contributed by atoms with Crippen LogP contribution in [0.1, 0.15) is 10.4 Å². The summed E-state index contributed by atoms with van der Waals surface area (Å²) >= 11 is 0. The van der Waals surface area contributed by atoms with Gasteiger partial charge < -0.3 is 15.1 Å². The van der Waals surface area contributed by atoms with E-state index in [0.717, 1.165) is 0 Å². The Morgan fingerprint density at radius 3 is 3.11 bits per heavy atom. The first-order valence-corrected chi connectivity index (χ1v) is 5.73. The standard InChI is InChI=1S/C12H13FN4O2/c13-10-3-1-2-9(11(10)16-15)12(18)17-4-5-19-8(6-14)7-17/h1-3,8,16H,4-5,7,15H2. The van der Waals surface area contributed by atoms with Crippen molar-refractivity contribution >= 4 is 11.6 Å². The van der Waals surface area contributed by atoms with Crippen LogP contribution >= 0.6 is 0 Å². The zero-order valence-corrected chi connectivity index (χ0v) is 10.1. The Balaban J connectivity index is 2.25. The average molecular weight is 264 g/mol. The maximum Gasteiger partial charge on any atom is 0.256 e. The normalized spacial score (nSPS) is 18.8. The van der Waals surface area contributed by atoms with Crippen LogP contribution in [0.25, 0.3) is 0 Å². The molecule has 1 fully saturated rings. The molecule has 1 aromatic carbocycles. The Morgan fingerprint density at radius 2 is 2.42 bits per heavy atom.